The maximum absolute atomic E-state index is 13.2. The van der Waals surface area contributed by atoms with E-state index in [1.54, 1.807) is 13.8 Å². The number of benzene rings is 1. The standard InChI is InChI=1S/C23H33ClN2O6S/c1-14-7-5-6-8-20(14)25-22(27)17(4)32-23(28)18-9-10-19(24)21(11-18)33(29,30)26-12-15(2)31-16(3)13-26/h9-11,14-17,20H,5-8,12-13H2,1-4H3,(H,25,27)/t14-,15-,16-,17+,20+/m0/s1. The van der Waals surface area contributed by atoms with Gasteiger partial charge < -0.3 is 14.8 Å². The average molecular weight is 501 g/mol. The first-order valence-corrected chi connectivity index (χ1v) is 13.3. The first-order valence-electron chi connectivity index (χ1n) is 11.5. The number of amides is 1. The summed E-state index contributed by atoms with van der Waals surface area (Å²) in [6, 6.07) is 4.02. The Balaban J connectivity index is 1.71. The molecule has 1 aromatic rings. The minimum Gasteiger partial charge on any atom is -0.449 e. The smallest absolute Gasteiger partial charge is 0.338 e. The Morgan fingerprint density at radius 2 is 1.79 bits per heavy atom. The second kappa shape index (κ2) is 10.7. The Morgan fingerprint density at radius 3 is 2.42 bits per heavy atom. The van der Waals surface area contributed by atoms with Crippen LogP contribution in [0.1, 0.15) is 63.7 Å². The molecule has 1 aliphatic heterocycles. The van der Waals surface area contributed by atoms with E-state index in [0.717, 1.165) is 25.7 Å². The lowest BCUT2D eigenvalue weighted by Gasteiger charge is -2.34. The molecule has 0 unspecified atom stereocenters. The van der Waals surface area contributed by atoms with Gasteiger partial charge in [-0.25, -0.2) is 13.2 Å². The van der Waals surface area contributed by atoms with Gasteiger partial charge in [-0.15, -0.1) is 0 Å². The van der Waals surface area contributed by atoms with Gasteiger partial charge in [-0.1, -0.05) is 31.4 Å². The molecule has 8 nitrogen and oxygen atoms in total. The first kappa shape index (κ1) is 25.9. The van der Waals surface area contributed by atoms with E-state index in [1.165, 1.54) is 29.4 Å². The number of halogens is 1. The maximum Gasteiger partial charge on any atom is 0.338 e. The molecule has 10 heteroatoms. The van der Waals surface area contributed by atoms with Crippen LogP contribution in [0.3, 0.4) is 0 Å². The van der Waals surface area contributed by atoms with Gasteiger partial charge in [0.25, 0.3) is 5.91 Å². The SMILES string of the molecule is C[C@H]1CN(S(=O)(=O)c2cc(C(=O)O[C@H](C)C(=O)N[C@@H]3CCCC[C@@H]3C)ccc2Cl)C[C@H](C)O1. The zero-order chi connectivity index (χ0) is 24.3. The summed E-state index contributed by atoms with van der Waals surface area (Å²) in [4.78, 5) is 25.1. The number of sulfonamides is 1. The Hall–Kier alpha value is -1.68. The normalized spacial score (nSPS) is 27.5. The molecule has 184 valence electrons. The van der Waals surface area contributed by atoms with Crippen molar-refractivity contribution in [1.29, 1.82) is 0 Å². The van der Waals surface area contributed by atoms with Crippen molar-refractivity contribution in [2.45, 2.75) is 82.6 Å². The second-order valence-corrected chi connectivity index (χ2v) is 11.5. The van der Waals surface area contributed by atoms with Crippen molar-refractivity contribution >= 4 is 33.5 Å². The van der Waals surface area contributed by atoms with Crippen LogP contribution in [0.25, 0.3) is 0 Å². The molecule has 1 saturated carbocycles. The van der Waals surface area contributed by atoms with Crippen LogP contribution < -0.4 is 5.32 Å². The van der Waals surface area contributed by atoms with Gasteiger partial charge in [-0.05, 0) is 57.7 Å². The van der Waals surface area contributed by atoms with Crippen LogP contribution in [0.5, 0.6) is 0 Å². The van der Waals surface area contributed by atoms with Crippen molar-refractivity contribution in [3.63, 3.8) is 0 Å². The van der Waals surface area contributed by atoms with Gasteiger partial charge >= 0.3 is 5.97 Å². The molecule has 33 heavy (non-hydrogen) atoms. The molecule has 1 saturated heterocycles. The lowest BCUT2D eigenvalue weighted by molar-refractivity contribution is -0.130. The van der Waals surface area contributed by atoms with E-state index in [0.29, 0.717) is 5.92 Å². The monoisotopic (exact) mass is 500 g/mol. The Morgan fingerprint density at radius 1 is 1.15 bits per heavy atom. The molecule has 0 aromatic heterocycles. The molecule has 1 N–H and O–H groups in total. The molecule has 5 atom stereocenters. The first-order chi connectivity index (χ1) is 15.5. The number of esters is 1. The Bertz CT molecular complexity index is 975. The summed E-state index contributed by atoms with van der Waals surface area (Å²) in [7, 11) is -3.95. The molecule has 1 aliphatic carbocycles. The molecule has 0 spiro atoms. The largest absolute Gasteiger partial charge is 0.449 e. The summed E-state index contributed by atoms with van der Waals surface area (Å²) in [6.45, 7) is 7.59. The van der Waals surface area contributed by atoms with Crippen LogP contribution >= 0.6 is 11.6 Å². The van der Waals surface area contributed by atoms with E-state index >= 15 is 0 Å². The number of hydrogen-bond acceptors (Lipinski definition) is 6. The highest BCUT2D eigenvalue weighted by molar-refractivity contribution is 7.89. The van der Waals surface area contributed by atoms with Crippen molar-refractivity contribution < 1.29 is 27.5 Å². The highest BCUT2D eigenvalue weighted by atomic mass is 35.5. The van der Waals surface area contributed by atoms with E-state index in [4.69, 9.17) is 21.1 Å². The topological polar surface area (TPSA) is 102 Å². The number of carbonyl (C=O) groups is 2. The van der Waals surface area contributed by atoms with Crippen molar-refractivity contribution in [3.05, 3.63) is 28.8 Å². The fourth-order valence-corrected chi connectivity index (χ4v) is 6.50. The predicted molar refractivity (Wildman–Crippen MR) is 125 cm³/mol. The number of ether oxygens (including phenoxy) is 2. The van der Waals surface area contributed by atoms with Gasteiger partial charge in [0.2, 0.25) is 10.0 Å². The molecule has 3 rings (SSSR count). The van der Waals surface area contributed by atoms with E-state index in [9.17, 15) is 18.0 Å². The molecular weight excluding hydrogens is 468 g/mol. The highest BCUT2D eigenvalue weighted by Crippen LogP contribution is 2.29. The maximum atomic E-state index is 13.2. The predicted octanol–water partition coefficient (Wildman–Crippen LogP) is 3.38. The highest BCUT2D eigenvalue weighted by Gasteiger charge is 2.34. The quantitative estimate of drug-likeness (QED) is 0.601. The third-order valence-corrected chi connectivity index (χ3v) is 8.58. The van der Waals surface area contributed by atoms with Crippen LogP contribution in [0.15, 0.2) is 23.1 Å². The molecular formula is C23H33ClN2O6S. The van der Waals surface area contributed by atoms with Crippen LogP contribution in [0, 0.1) is 5.92 Å². The summed E-state index contributed by atoms with van der Waals surface area (Å²) in [5, 5.41) is 2.98. The minimum atomic E-state index is -3.95. The number of hydrogen-bond donors (Lipinski definition) is 1. The Kier molecular flexibility index (Phi) is 8.42. The van der Waals surface area contributed by atoms with E-state index in [2.05, 4.69) is 12.2 Å². The van der Waals surface area contributed by atoms with Crippen LogP contribution in [-0.2, 0) is 24.3 Å². The molecule has 2 aliphatic rings. The lowest BCUT2D eigenvalue weighted by Crippen LogP contribution is -2.48. The van der Waals surface area contributed by atoms with E-state index < -0.39 is 22.1 Å². The molecule has 2 fully saturated rings. The average Bonchev–Trinajstić information content (AvgIpc) is 2.74. The number of carbonyl (C=O) groups excluding carboxylic acids is 2. The van der Waals surface area contributed by atoms with Crippen LogP contribution in [0.4, 0.5) is 0 Å². The van der Waals surface area contributed by atoms with Crippen molar-refractivity contribution in [3.8, 4) is 0 Å². The van der Waals surface area contributed by atoms with Crippen molar-refractivity contribution in [2.75, 3.05) is 13.1 Å². The van der Waals surface area contributed by atoms with E-state index in [1.807, 2.05) is 0 Å². The summed E-state index contributed by atoms with van der Waals surface area (Å²) in [6.07, 6.45) is 2.65. The van der Waals surface area contributed by atoms with Crippen LogP contribution in [-0.4, -0.2) is 62.0 Å². The number of morpholine rings is 1. The fourth-order valence-electron chi connectivity index (χ4n) is 4.41. The number of rotatable bonds is 6. The minimum absolute atomic E-state index is 0.00965. The molecule has 1 amide bonds. The van der Waals surface area contributed by atoms with Gasteiger partial charge in [-0.2, -0.15) is 4.31 Å². The second-order valence-electron chi connectivity index (χ2n) is 9.15. The fraction of sp³-hybridized carbons (Fsp3) is 0.652. The number of nitrogens with zero attached hydrogens (tertiary/aromatic N) is 1. The zero-order valence-electron chi connectivity index (χ0n) is 19.5. The molecule has 1 heterocycles. The zero-order valence-corrected chi connectivity index (χ0v) is 21.1. The third-order valence-electron chi connectivity index (χ3n) is 6.26. The molecule has 0 bridgehead atoms. The summed E-state index contributed by atoms with van der Waals surface area (Å²) < 4.78 is 38.7. The van der Waals surface area contributed by atoms with Gasteiger partial charge in [0, 0.05) is 19.1 Å². The van der Waals surface area contributed by atoms with Gasteiger partial charge in [0.1, 0.15) is 4.90 Å². The summed E-state index contributed by atoms with van der Waals surface area (Å²) in [5.74, 6) is -0.772. The third kappa shape index (κ3) is 6.26. The van der Waals surface area contributed by atoms with Crippen LogP contribution in [0.2, 0.25) is 5.02 Å². The van der Waals surface area contributed by atoms with Gasteiger partial charge in [-0.3, -0.25) is 4.79 Å². The van der Waals surface area contributed by atoms with Gasteiger partial charge in [0.15, 0.2) is 6.10 Å². The van der Waals surface area contributed by atoms with Gasteiger partial charge in [0.05, 0.1) is 22.8 Å². The van der Waals surface area contributed by atoms with Crippen molar-refractivity contribution in [2.24, 2.45) is 5.92 Å². The summed E-state index contributed by atoms with van der Waals surface area (Å²) in [5.41, 5.74) is 0.0121. The molecule has 1 aromatic carbocycles. The molecule has 0 radical (unpaired) electrons. The number of nitrogens with one attached hydrogen (secondary N) is 1. The van der Waals surface area contributed by atoms with Crippen molar-refractivity contribution in [1.82, 2.24) is 9.62 Å². The Labute approximate surface area is 201 Å². The van der Waals surface area contributed by atoms with E-state index in [-0.39, 0.29) is 52.7 Å². The summed E-state index contributed by atoms with van der Waals surface area (Å²) >= 11 is 6.20. The lowest BCUT2D eigenvalue weighted by atomic mass is 9.86.